The summed E-state index contributed by atoms with van der Waals surface area (Å²) in [5.74, 6) is -0.851. The molecule has 1 aromatic heterocycles. The minimum atomic E-state index is -0.499. The number of aromatic nitrogens is 1. The lowest BCUT2D eigenvalue weighted by Crippen LogP contribution is -2.38. The Balaban J connectivity index is 1.83. The number of carbonyl (C=O) groups excluding carboxylic acids is 1. The minimum absolute atomic E-state index is 0.0322. The van der Waals surface area contributed by atoms with Crippen LogP contribution in [0.3, 0.4) is 0 Å². The number of fused-ring (bicyclic) bond motifs is 2. The van der Waals surface area contributed by atoms with Crippen molar-refractivity contribution < 1.29 is 9.18 Å². The van der Waals surface area contributed by atoms with Crippen LogP contribution >= 0.6 is 0 Å². The first kappa shape index (κ1) is 14.6. The van der Waals surface area contributed by atoms with Gasteiger partial charge in [0.1, 0.15) is 11.4 Å². The molecule has 2 aromatic carbocycles. The van der Waals surface area contributed by atoms with Crippen molar-refractivity contribution in [2.75, 3.05) is 11.4 Å². The van der Waals surface area contributed by atoms with Crippen LogP contribution < -0.4 is 10.3 Å². The van der Waals surface area contributed by atoms with Gasteiger partial charge >= 0.3 is 0 Å². The first-order chi connectivity index (χ1) is 11.6. The van der Waals surface area contributed by atoms with Gasteiger partial charge in [0.05, 0.1) is 0 Å². The summed E-state index contributed by atoms with van der Waals surface area (Å²) in [4.78, 5) is 30.1. The summed E-state index contributed by atoms with van der Waals surface area (Å²) in [5.41, 5.74) is 2.03. The van der Waals surface area contributed by atoms with E-state index in [1.165, 1.54) is 18.3 Å². The fraction of sp³-hybridized carbons (Fsp3) is 0.158. The van der Waals surface area contributed by atoms with Crippen molar-refractivity contribution in [3.8, 4) is 0 Å². The number of benzene rings is 2. The Morgan fingerprint density at radius 3 is 2.88 bits per heavy atom. The molecular weight excluding hydrogens is 307 g/mol. The Morgan fingerprint density at radius 1 is 1.17 bits per heavy atom. The summed E-state index contributed by atoms with van der Waals surface area (Å²) in [6.45, 7) is 0.566. The number of nitrogens with zero attached hydrogens (tertiary/aromatic N) is 1. The van der Waals surface area contributed by atoms with E-state index in [-0.39, 0.29) is 16.9 Å². The maximum Gasteiger partial charge on any atom is 0.263 e. The van der Waals surface area contributed by atoms with Crippen molar-refractivity contribution in [3.63, 3.8) is 0 Å². The number of anilines is 1. The molecular formula is C19H15FN2O2. The average Bonchev–Trinajstić information content (AvgIpc) is 2.61. The highest BCUT2D eigenvalue weighted by molar-refractivity contribution is 6.07. The second kappa shape index (κ2) is 5.60. The number of nitrogens with one attached hydrogen (secondary N) is 1. The van der Waals surface area contributed by atoms with E-state index in [4.69, 9.17) is 0 Å². The van der Waals surface area contributed by atoms with Gasteiger partial charge in [0.2, 0.25) is 5.43 Å². The SMILES string of the molecule is O=C(c1c[nH]c2ccc(F)cc2c1=O)N1CCCc2ccccc21. The molecule has 0 fully saturated rings. The first-order valence-corrected chi connectivity index (χ1v) is 7.86. The second-order valence-corrected chi connectivity index (χ2v) is 5.91. The fourth-order valence-electron chi connectivity index (χ4n) is 3.24. The third kappa shape index (κ3) is 2.29. The number of halogens is 1. The molecule has 1 aliphatic rings. The molecule has 1 N–H and O–H groups in total. The summed E-state index contributed by atoms with van der Waals surface area (Å²) < 4.78 is 13.5. The quantitative estimate of drug-likeness (QED) is 0.747. The molecule has 4 rings (SSSR count). The van der Waals surface area contributed by atoms with Crippen LogP contribution in [0.15, 0.2) is 53.5 Å². The van der Waals surface area contributed by atoms with Crippen LogP contribution in [0.4, 0.5) is 10.1 Å². The number of H-pyrrole nitrogens is 1. The predicted molar refractivity (Wildman–Crippen MR) is 91.0 cm³/mol. The molecule has 0 aliphatic carbocycles. The van der Waals surface area contributed by atoms with Gasteiger partial charge in [-0.15, -0.1) is 0 Å². The van der Waals surface area contributed by atoms with Crippen molar-refractivity contribution in [3.05, 3.63) is 75.8 Å². The minimum Gasteiger partial charge on any atom is -0.360 e. The van der Waals surface area contributed by atoms with Crippen LogP contribution in [0.25, 0.3) is 10.9 Å². The summed E-state index contributed by atoms with van der Waals surface area (Å²) in [6, 6.07) is 11.6. The van der Waals surface area contributed by atoms with Gasteiger partial charge in [-0.2, -0.15) is 0 Å². The van der Waals surface area contributed by atoms with Gasteiger partial charge in [0.15, 0.2) is 0 Å². The van der Waals surface area contributed by atoms with E-state index in [0.717, 1.165) is 30.2 Å². The maximum absolute atomic E-state index is 13.5. The van der Waals surface area contributed by atoms with Gasteiger partial charge in [0.25, 0.3) is 5.91 Å². The van der Waals surface area contributed by atoms with Gasteiger partial charge in [-0.1, -0.05) is 18.2 Å². The largest absolute Gasteiger partial charge is 0.360 e. The zero-order valence-electron chi connectivity index (χ0n) is 12.9. The van der Waals surface area contributed by atoms with E-state index < -0.39 is 11.2 Å². The Hall–Kier alpha value is -2.95. The number of para-hydroxylation sites is 1. The molecule has 120 valence electrons. The Morgan fingerprint density at radius 2 is 2.00 bits per heavy atom. The summed E-state index contributed by atoms with van der Waals surface area (Å²) in [7, 11) is 0. The van der Waals surface area contributed by atoms with E-state index in [0.29, 0.717) is 12.1 Å². The molecule has 3 aromatic rings. The van der Waals surface area contributed by atoms with Crippen LogP contribution in [-0.2, 0) is 6.42 Å². The van der Waals surface area contributed by atoms with Crippen molar-refractivity contribution in [2.24, 2.45) is 0 Å². The first-order valence-electron chi connectivity index (χ1n) is 7.86. The predicted octanol–water partition coefficient (Wildman–Crippen LogP) is 3.26. The third-order valence-electron chi connectivity index (χ3n) is 4.43. The fourth-order valence-corrected chi connectivity index (χ4v) is 3.24. The van der Waals surface area contributed by atoms with Crippen LogP contribution in [0, 0.1) is 5.82 Å². The molecule has 24 heavy (non-hydrogen) atoms. The number of hydrogen-bond acceptors (Lipinski definition) is 2. The molecule has 2 heterocycles. The molecule has 4 nitrogen and oxygen atoms in total. The second-order valence-electron chi connectivity index (χ2n) is 5.91. The smallest absolute Gasteiger partial charge is 0.263 e. The molecule has 1 amide bonds. The molecule has 0 saturated heterocycles. The van der Waals surface area contributed by atoms with Crippen LogP contribution in [0.1, 0.15) is 22.3 Å². The summed E-state index contributed by atoms with van der Waals surface area (Å²) in [6.07, 6.45) is 3.18. The zero-order valence-corrected chi connectivity index (χ0v) is 12.9. The summed E-state index contributed by atoms with van der Waals surface area (Å²) in [5, 5.41) is 0.186. The monoisotopic (exact) mass is 322 g/mol. The van der Waals surface area contributed by atoms with Crippen molar-refractivity contribution in [1.29, 1.82) is 0 Å². The number of amides is 1. The highest BCUT2D eigenvalue weighted by Crippen LogP contribution is 2.27. The number of rotatable bonds is 1. The number of aromatic amines is 1. The molecule has 0 unspecified atom stereocenters. The Labute approximate surface area is 137 Å². The molecule has 0 saturated carbocycles. The lowest BCUT2D eigenvalue weighted by atomic mass is 10.0. The van der Waals surface area contributed by atoms with E-state index in [1.807, 2.05) is 24.3 Å². The van der Waals surface area contributed by atoms with Gasteiger partial charge < -0.3 is 9.88 Å². The van der Waals surface area contributed by atoms with Gasteiger partial charge in [-0.25, -0.2) is 4.39 Å². The number of pyridine rings is 1. The number of hydrogen-bond donors (Lipinski definition) is 1. The number of carbonyl (C=O) groups is 1. The van der Waals surface area contributed by atoms with E-state index in [9.17, 15) is 14.0 Å². The lowest BCUT2D eigenvalue weighted by Gasteiger charge is -2.29. The van der Waals surface area contributed by atoms with Crippen molar-refractivity contribution >= 4 is 22.5 Å². The highest BCUT2D eigenvalue weighted by Gasteiger charge is 2.25. The van der Waals surface area contributed by atoms with Crippen molar-refractivity contribution in [1.82, 2.24) is 4.98 Å². The van der Waals surface area contributed by atoms with Crippen molar-refractivity contribution in [2.45, 2.75) is 12.8 Å². The molecule has 0 atom stereocenters. The molecule has 0 spiro atoms. The topological polar surface area (TPSA) is 53.2 Å². The molecule has 1 aliphatic heterocycles. The van der Waals surface area contributed by atoms with Gasteiger partial charge in [-0.05, 0) is 42.7 Å². The van der Waals surface area contributed by atoms with E-state index >= 15 is 0 Å². The zero-order chi connectivity index (χ0) is 16.7. The Bertz CT molecular complexity index is 1010. The van der Waals surface area contributed by atoms with Gasteiger partial charge in [-0.3, -0.25) is 9.59 Å². The number of aryl methyl sites for hydroxylation is 1. The normalized spacial score (nSPS) is 13.8. The van der Waals surface area contributed by atoms with E-state index in [2.05, 4.69) is 4.98 Å². The highest BCUT2D eigenvalue weighted by atomic mass is 19.1. The van der Waals surface area contributed by atoms with Gasteiger partial charge in [0, 0.05) is 29.3 Å². The maximum atomic E-state index is 13.5. The molecule has 5 heteroatoms. The third-order valence-corrected chi connectivity index (χ3v) is 4.43. The van der Waals surface area contributed by atoms with Crippen LogP contribution in [-0.4, -0.2) is 17.4 Å². The summed E-state index contributed by atoms with van der Waals surface area (Å²) >= 11 is 0. The standard InChI is InChI=1S/C19H15FN2O2/c20-13-7-8-16-14(10-13)18(23)15(11-21-16)19(24)22-9-3-5-12-4-1-2-6-17(12)22/h1-2,4,6-8,10-11H,3,5,9H2,(H,21,23). The molecule has 0 bridgehead atoms. The average molecular weight is 322 g/mol. The van der Waals surface area contributed by atoms with E-state index in [1.54, 1.807) is 4.90 Å². The lowest BCUT2D eigenvalue weighted by molar-refractivity contribution is 0.0984. The van der Waals surface area contributed by atoms with Crippen LogP contribution in [0.2, 0.25) is 0 Å². The van der Waals surface area contributed by atoms with Crippen LogP contribution in [0.5, 0.6) is 0 Å². The Kier molecular flexibility index (Phi) is 3.41. The molecule has 0 radical (unpaired) electrons.